The molecule has 1 saturated carbocycles. The maximum Gasteiger partial charge on any atom is 0.321 e. The second kappa shape index (κ2) is 8.50. The Morgan fingerprint density at radius 2 is 2.06 bits per heavy atom. The summed E-state index contributed by atoms with van der Waals surface area (Å²) in [6, 6.07) is 15.8. The molecule has 0 radical (unpaired) electrons. The number of hydrogen-bond donors (Lipinski definition) is 2. The molecule has 3 aromatic rings. The van der Waals surface area contributed by atoms with Gasteiger partial charge in [-0.25, -0.2) is 4.79 Å². The highest BCUT2D eigenvalue weighted by Crippen LogP contribution is 2.43. The Kier molecular flexibility index (Phi) is 5.41. The molecular formula is C26H29N3O2. The number of fused-ring (bicyclic) bond motifs is 3. The highest BCUT2D eigenvalue weighted by atomic mass is 16.5. The molecule has 31 heavy (non-hydrogen) atoms. The molecule has 5 heteroatoms. The average molecular weight is 416 g/mol. The van der Waals surface area contributed by atoms with Gasteiger partial charge in [0, 0.05) is 41.9 Å². The summed E-state index contributed by atoms with van der Waals surface area (Å²) in [7, 11) is 1.64. The van der Waals surface area contributed by atoms with Crippen LogP contribution in [0.4, 0.5) is 10.5 Å². The van der Waals surface area contributed by atoms with Crippen LogP contribution in [0.3, 0.4) is 0 Å². The number of methoxy groups -OCH3 is 1. The van der Waals surface area contributed by atoms with Crippen LogP contribution in [-0.2, 0) is 6.42 Å². The third kappa shape index (κ3) is 4.18. The van der Waals surface area contributed by atoms with E-state index in [1.165, 1.54) is 23.8 Å². The number of nitrogens with one attached hydrogen (secondary N) is 2. The van der Waals surface area contributed by atoms with E-state index in [9.17, 15) is 4.79 Å². The molecule has 2 bridgehead atoms. The molecule has 5 nitrogen and oxygen atoms in total. The first-order valence-electron chi connectivity index (χ1n) is 11.1. The van der Waals surface area contributed by atoms with Gasteiger partial charge in [0.2, 0.25) is 0 Å². The topological polar surface area (TPSA) is 57.4 Å². The smallest absolute Gasteiger partial charge is 0.321 e. The van der Waals surface area contributed by atoms with E-state index in [2.05, 4.69) is 46.8 Å². The zero-order valence-electron chi connectivity index (χ0n) is 17.9. The summed E-state index contributed by atoms with van der Waals surface area (Å²) in [6.45, 7) is 1.49. The van der Waals surface area contributed by atoms with Gasteiger partial charge in [-0.3, -0.25) is 0 Å². The number of benzene rings is 2. The first-order valence-corrected chi connectivity index (χ1v) is 11.1. The maximum atomic E-state index is 13.3. The van der Waals surface area contributed by atoms with Crippen LogP contribution < -0.4 is 10.1 Å². The standard InChI is InChI=1S/C26H29N3O2/c1-31-23-6-4-5-22(15-23)28-26(30)29(17-21-14-18-9-10-19(21)13-18)12-11-20-16-27-25-8-3-2-7-24(20)25/h2-10,15-16,18-19,21,27H,11-14,17H2,1H3,(H,28,30). The third-order valence-electron chi connectivity index (χ3n) is 6.81. The monoisotopic (exact) mass is 415 g/mol. The normalized spacial score (nSPS) is 21.5. The Labute approximate surface area is 183 Å². The van der Waals surface area contributed by atoms with E-state index >= 15 is 0 Å². The molecule has 3 unspecified atom stereocenters. The number of amides is 2. The number of aromatic nitrogens is 1. The molecule has 5 rings (SSSR count). The second-order valence-corrected chi connectivity index (χ2v) is 8.76. The first-order chi connectivity index (χ1) is 15.2. The zero-order chi connectivity index (χ0) is 21.2. The van der Waals surface area contributed by atoms with Gasteiger partial charge in [-0.2, -0.15) is 0 Å². The number of aromatic amines is 1. The molecule has 160 valence electrons. The lowest BCUT2D eigenvalue weighted by Gasteiger charge is -2.29. The lowest BCUT2D eigenvalue weighted by Crippen LogP contribution is -2.40. The van der Waals surface area contributed by atoms with Crippen molar-refractivity contribution in [1.29, 1.82) is 0 Å². The quantitative estimate of drug-likeness (QED) is 0.503. The van der Waals surface area contributed by atoms with Crippen LogP contribution in [0.2, 0.25) is 0 Å². The molecule has 0 spiro atoms. The van der Waals surface area contributed by atoms with Gasteiger partial charge in [-0.15, -0.1) is 0 Å². The van der Waals surface area contributed by atoms with Gasteiger partial charge in [-0.1, -0.05) is 36.4 Å². The number of carbonyl (C=O) groups excluding carboxylic acids is 1. The summed E-state index contributed by atoms with van der Waals surface area (Å²) in [4.78, 5) is 18.6. The van der Waals surface area contributed by atoms with E-state index < -0.39 is 0 Å². The van der Waals surface area contributed by atoms with Crippen LogP contribution in [0.25, 0.3) is 10.9 Å². The van der Waals surface area contributed by atoms with E-state index in [4.69, 9.17) is 4.74 Å². The molecule has 0 saturated heterocycles. The van der Waals surface area contributed by atoms with Crippen molar-refractivity contribution in [3.63, 3.8) is 0 Å². The highest BCUT2D eigenvalue weighted by Gasteiger charge is 2.37. The Balaban J connectivity index is 1.32. The number of carbonyl (C=O) groups is 1. The second-order valence-electron chi connectivity index (χ2n) is 8.76. The Bertz CT molecular complexity index is 1100. The molecule has 2 amide bonds. The van der Waals surface area contributed by atoms with Gasteiger partial charge >= 0.3 is 6.03 Å². The molecule has 1 fully saturated rings. The SMILES string of the molecule is COc1cccc(NC(=O)N(CCc2c[nH]c3ccccc23)CC2CC3C=CC2C3)c1. The number of allylic oxidation sites excluding steroid dienone is 2. The lowest BCUT2D eigenvalue weighted by atomic mass is 9.93. The number of H-pyrrole nitrogens is 1. The Morgan fingerprint density at radius 3 is 2.87 bits per heavy atom. The van der Waals surface area contributed by atoms with Crippen molar-refractivity contribution in [1.82, 2.24) is 9.88 Å². The molecule has 2 aliphatic carbocycles. The number of rotatable bonds is 7. The Morgan fingerprint density at radius 1 is 1.16 bits per heavy atom. The van der Waals surface area contributed by atoms with Crippen molar-refractivity contribution in [2.45, 2.75) is 19.3 Å². The van der Waals surface area contributed by atoms with Crippen molar-refractivity contribution in [3.8, 4) is 5.75 Å². The van der Waals surface area contributed by atoms with Crippen LogP contribution in [0.5, 0.6) is 5.75 Å². The zero-order valence-corrected chi connectivity index (χ0v) is 17.9. The fourth-order valence-corrected chi connectivity index (χ4v) is 5.16. The molecule has 0 aliphatic heterocycles. The van der Waals surface area contributed by atoms with Crippen molar-refractivity contribution in [2.24, 2.45) is 17.8 Å². The molecule has 1 heterocycles. The summed E-state index contributed by atoms with van der Waals surface area (Å²) < 4.78 is 5.30. The van der Waals surface area contributed by atoms with Gasteiger partial charge < -0.3 is 19.9 Å². The fraction of sp³-hybridized carbons (Fsp3) is 0.346. The molecule has 2 aromatic carbocycles. The third-order valence-corrected chi connectivity index (χ3v) is 6.81. The van der Waals surface area contributed by atoms with E-state index in [1.54, 1.807) is 7.11 Å². The number of hydrogen-bond acceptors (Lipinski definition) is 2. The predicted octanol–water partition coefficient (Wildman–Crippen LogP) is 5.47. The number of ether oxygens (including phenoxy) is 1. The first kappa shape index (κ1) is 19.7. The molecular weight excluding hydrogens is 386 g/mol. The summed E-state index contributed by atoms with van der Waals surface area (Å²) in [5, 5.41) is 4.32. The van der Waals surface area contributed by atoms with Crippen LogP contribution in [0, 0.1) is 17.8 Å². The van der Waals surface area contributed by atoms with Crippen molar-refractivity contribution in [3.05, 3.63) is 72.4 Å². The summed E-state index contributed by atoms with van der Waals surface area (Å²) in [5.41, 5.74) is 3.15. The molecule has 2 aliphatic rings. The van der Waals surface area contributed by atoms with Crippen molar-refractivity contribution in [2.75, 3.05) is 25.5 Å². The van der Waals surface area contributed by atoms with Gasteiger partial charge in [0.25, 0.3) is 0 Å². The number of urea groups is 1. The highest BCUT2D eigenvalue weighted by molar-refractivity contribution is 5.89. The van der Waals surface area contributed by atoms with Gasteiger partial charge in [0.1, 0.15) is 5.75 Å². The summed E-state index contributed by atoms with van der Waals surface area (Å²) in [6.07, 6.45) is 10.1. The van der Waals surface area contributed by atoms with Crippen LogP contribution in [-0.4, -0.2) is 36.1 Å². The maximum absolute atomic E-state index is 13.3. The summed E-state index contributed by atoms with van der Waals surface area (Å²) in [5.74, 6) is 2.60. The number of anilines is 1. The van der Waals surface area contributed by atoms with E-state index in [0.29, 0.717) is 24.3 Å². The van der Waals surface area contributed by atoms with E-state index in [0.717, 1.165) is 29.9 Å². The minimum Gasteiger partial charge on any atom is -0.497 e. The molecule has 2 N–H and O–H groups in total. The fourth-order valence-electron chi connectivity index (χ4n) is 5.16. The molecule has 1 aromatic heterocycles. The minimum atomic E-state index is -0.0418. The minimum absolute atomic E-state index is 0.0418. The van der Waals surface area contributed by atoms with Crippen LogP contribution >= 0.6 is 0 Å². The van der Waals surface area contributed by atoms with Gasteiger partial charge in [0.15, 0.2) is 0 Å². The van der Waals surface area contributed by atoms with Crippen LogP contribution in [0.1, 0.15) is 18.4 Å². The average Bonchev–Trinajstić information content (AvgIpc) is 3.52. The van der Waals surface area contributed by atoms with Crippen LogP contribution in [0.15, 0.2) is 66.9 Å². The number of nitrogens with zero attached hydrogens (tertiary/aromatic N) is 1. The largest absolute Gasteiger partial charge is 0.497 e. The lowest BCUT2D eigenvalue weighted by molar-refractivity contribution is 0.196. The van der Waals surface area contributed by atoms with E-state index in [1.807, 2.05) is 35.2 Å². The van der Waals surface area contributed by atoms with Crippen molar-refractivity contribution < 1.29 is 9.53 Å². The summed E-state index contributed by atoms with van der Waals surface area (Å²) >= 11 is 0. The predicted molar refractivity (Wildman–Crippen MR) is 124 cm³/mol. The van der Waals surface area contributed by atoms with Gasteiger partial charge in [-0.05, 0) is 60.8 Å². The number of para-hydroxylation sites is 1. The van der Waals surface area contributed by atoms with Gasteiger partial charge in [0.05, 0.1) is 7.11 Å². The molecule has 3 atom stereocenters. The van der Waals surface area contributed by atoms with E-state index in [-0.39, 0.29) is 6.03 Å². The Hall–Kier alpha value is -3.21. The van der Waals surface area contributed by atoms with Crippen molar-refractivity contribution >= 4 is 22.6 Å².